The van der Waals surface area contributed by atoms with Crippen LogP contribution in [0.3, 0.4) is 0 Å². The van der Waals surface area contributed by atoms with Crippen molar-refractivity contribution in [1.29, 1.82) is 0 Å². The third-order valence-corrected chi connectivity index (χ3v) is 3.84. The molecule has 1 aliphatic heterocycles. The van der Waals surface area contributed by atoms with Gasteiger partial charge in [0.1, 0.15) is 6.04 Å². The van der Waals surface area contributed by atoms with Crippen LogP contribution in [0.5, 0.6) is 0 Å². The lowest BCUT2D eigenvalue weighted by molar-refractivity contribution is -0.130. The summed E-state index contributed by atoms with van der Waals surface area (Å²) in [4.78, 5) is 39.3. The van der Waals surface area contributed by atoms with Crippen molar-refractivity contribution >= 4 is 17.8 Å². The molecule has 2 rings (SSSR count). The van der Waals surface area contributed by atoms with Gasteiger partial charge in [-0.15, -0.1) is 0 Å². The summed E-state index contributed by atoms with van der Waals surface area (Å²) < 4.78 is 0. The molecule has 1 saturated heterocycles. The van der Waals surface area contributed by atoms with Gasteiger partial charge >= 0.3 is 6.03 Å². The number of carbonyl (C=O) groups is 3. The molecule has 7 nitrogen and oxygen atoms in total. The van der Waals surface area contributed by atoms with Crippen molar-refractivity contribution in [2.75, 3.05) is 33.7 Å². The van der Waals surface area contributed by atoms with Crippen molar-refractivity contribution < 1.29 is 14.4 Å². The molecule has 0 aliphatic carbocycles. The molecule has 1 heterocycles. The van der Waals surface area contributed by atoms with Gasteiger partial charge < -0.3 is 15.5 Å². The van der Waals surface area contributed by atoms with E-state index in [4.69, 9.17) is 0 Å². The molecule has 1 aromatic carbocycles. The largest absolute Gasteiger partial charge is 0.355 e. The van der Waals surface area contributed by atoms with Gasteiger partial charge in [0.2, 0.25) is 5.91 Å². The molecule has 1 fully saturated rings. The second-order valence-electron chi connectivity index (χ2n) is 6.08. The quantitative estimate of drug-likeness (QED) is 0.667. The third-order valence-electron chi connectivity index (χ3n) is 3.84. The molecule has 1 aliphatic rings. The minimum Gasteiger partial charge on any atom is -0.355 e. The van der Waals surface area contributed by atoms with Crippen LogP contribution in [-0.4, -0.2) is 67.4 Å². The van der Waals surface area contributed by atoms with E-state index in [1.807, 2.05) is 49.3 Å². The monoisotopic (exact) mass is 332 g/mol. The maximum atomic E-state index is 12.3. The number of rotatable bonds is 8. The average Bonchev–Trinajstić information content (AvgIpc) is 2.80. The van der Waals surface area contributed by atoms with Gasteiger partial charge in [-0.05, 0) is 26.1 Å². The Morgan fingerprint density at radius 2 is 1.96 bits per heavy atom. The molecule has 0 radical (unpaired) electrons. The van der Waals surface area contributed by atoms with Crippen LogP contribution in [0.1, 0.15) is 12.0 Å². The van der Waals surface area contributed by atoms with Gasteiger partial charge in [0, 0.05) is 19.6 Å². The predicted molar refractivity (Wildman–Crippen MR) is 90.4 cm³/mol. The van der Waals surface area contributed by atoms with Crippen molar-refractivity contribution in [3.05, 3.63) is 35.9 Å². The first kappa shape index (κ1) is 17.9. The van der Waals surface area contributed by atoms with Crippen molar-refractivity contribution in [2.45, 2.75) is 18.9 Å². The molecular formula is C17H24N4O3. The molecule has 0 bridgehead atoms. The first-order valence-corrected chi connectivity index (χ1v) is 8.04. The van der Waals surface area contributed by atoms with Crippen molar-refractivity contribution in [1.82, 2.24) is 20.4 Å². The lowest BCUT2D eigenvalue weighted by Crippen LogP contribution is -2.38. The number of benzene rings is 1. The summed E-state index contributed by atoms with van der Waals surface area (Å²) in [6.07, 6.45) is 0.571. The van der Waals surface area contributed by atoms with Gasteiger partial charge in [0.25, 0.3) is 5.91 Å². The Morgan fingerprint density at radius 3 is 2.62 bits per heavy atom. The van der Waals surface area contributed by atoms with Crippen molar-refractivity contribution in [3.63, 3.8) is 0 Å². The number of likely N-dealkylation sites (N-methyl/N-ethyl adjacent to an activating group) is 1. The normalized spacial score (nSPS) is 17.3. The molecule has 2 N–H and O–H groups in total. The van der Waals surface area contributed by atoms with Crippen LogP contribution in [-0.2, 0) is 16.0 Å². The van der Waals surface area contributed by atoms with Gasteiger partial charge in [0.05, 0.1) is 6.42 Å². The summed E-state index contributed by atoms with van der Waals surface area (Å²) >= 11 is 0. The fraction of sp³-hybridized carbons (Fsp3) is 0.471. The highest BCUT2D eigenvalue weighted by Gasteiger charge is 2.38. The van der Waals surface area contributed by atoms with Crippen LogP contribution < -0.4 is 10.6 Å². The summed E-state index contributed by atoms with van der Waals surface area (Å²) in [7, 11) is 3.83. The number of hydrogen-bond acceptors (Lipinski definition) is 4. The maximum Gasteiger partial charge on any atom is 0.324 e. The molecule has 0 saturated carbocycles. The predicted octanol–water partition coefficient (Wildman–Crippen LogP) is 0.217. The molecule has 0 spiro atoms. The highest BCUT2D eigenvalue weighted by Crippen LogP contribution is 2.11. The molecular weight excluding hydrogens is 308 g/mol. The SMILES string of the molecule is CN(C)CCNC(=O)C[C@@H]1NC(=O)N(CCc2ccccc2)C1=O. The van der Waals surface area contributed by atoms with Crippen LogP contribution in [0.15, 0.2) is 30.3 Å². The van der Waals surface area contributed by atoms with E-state index in [0.29, 0.717) is 19.5 Å². The molecule has 130 valence electrons. The van der Waals surface area contributed by atoms with E-state index in [1.165, 1.54) is 4.90 Å². The smallest absolute Gasteiger partial charge is 0.324 e. The van der Waals surface area contributed by atoms with Crippen LogP contribution in [0.2, 0.25) is 0 Å². The number of amides is 4. The summed E-state index contributed by atoms with van der Waals surface area (Å²) in [5.74, 6) is -0.570. The van der Waals surface area contributed by atoms with E-state index in [-0.39, 0.29) is 18.2 Å². The zero-order valence-corrected chi connectivity index (χ0v) is 14.1. The topological polar surface area (TPSA) is 81.8 Å². The molecule has 1 aromatic rings. The number of carbonyl (C=O) groups excluding carboxylic acids is 3. The van der Waals surface area contributed by atoms with Gasteiger partial charge in [-0.1, -0.05) is 30.3 Å². The zero-order valence-electron chi connectivity index (χ0n) is 14.1. The molecule has 0 aromatic heterocycles. The third kappa shape index (κ3) is 5.06. The van der Waals surface area contributed by atoms with E-state index in [9.17, 15) is 14.4 Å². The zero-order chi connectivity index (χ0) is 17.5. The lowest BCUT2D eigenvalue weighted by atomic mass is 10.1. The Labute approximate surface area is 142 Å². The fourth-order valence-electron chi connectivity index (χ4n) is 2.49. The second kappa shape index (κ2) is 8.44. The molecule has 24 heavy (non-hydrogen) atoms. The Kier molecular flexibility index (Phi) is 6.31. The first-order chi connectivity index (χ1) is 11.5. The van der Waals surface area contributed by atoms with Crippen LogP contribution in [0.4, 0.5) is 4.79 Å². The summed E-state index contributed by atoms with van der Waals surface area (Å²) in [6.45, 7) is 1.55. The van der Waals surface area contributed by atoms with E-state index in [0.717, 1.165) is 12.1 Å². The van der Waals surface area contributed by atoms with Crippen LogP contribution >= 0.6 is 0 Å². The molecule has 1 atom stereocenters. The Balaban J connectivity index is 1.81. The maximum absolute atomic E-state index is 12.3. The van der Waals surface area contributed by atoms with Crippen molar-refractivity contribution in [3.8, 4) is 0 Å². The van der Waals surface area contributed by atoms with Gasteiger partial charge in [0.15, 0.2) is 0 Å². The Bertz CT molecular complexity index is 589. The minimum absolute atomic E-state index is 0.0279. The standard InChI is InChI=1S/C17H24N4O3/c1-20(2)11-9-18-15(22)12-14-16(23)21(17(24)19-14)10-8-13-6-4-3-5-7-13/h3-7,14H,8-12H2,1-2H3,(H,18,22)(H,19,24)/t14-/m0/s1. The van der Waals surface area contributed by atoms with Gasteiger partial charge in [-0.3, -0.25) is 14.5 Å². The fourth-order valence-corrected chi connectivity index (χ4v) is 2.49. The number of nitrogens with zero attached hydrogens (tertiary/aromatic N) is 2. The van der Waals surface area contributed by atoms with Crippen molar-refractivity contribution in [2.24, 2.45) is 0 Å². The van der Waals surface area contributed by atoms with Crippen LogP contribution in [0, 0.1) is 0 Å². The Hall–Kier alpha value is -2.41. The number of hydrogen-bond donors (Lipinski definition) is 2. The molecule has 4 amide bonds. The lowest BCUT2D eigenvalue weighted by Gasteiger charge is -2.13. The average molecular weight is 332 g/mol. The van der Waals surface area contributed by atoms with Crippen LogP contribution in [0.25, 0.3) is 0 Å². The number of imide groups is 1. The number of nitrogens with one attached hydrogen (secondary N) is 2. The first-order valence-electron chi connectivity index (χ1n) is 8.04. The molecule has 0 unspecified atom stereocenters. The highest BCUT2D eigenvalue weighted by molar-refractivity contribution is 6.05. The summed E-state index contributed by atoms with van der Waals surface area (Å²) in [6, 6.07) is 8.46. The van der Waals surface area contributed by atoms with Gasteiger partial charge in [-0.2, -0.15) is 0 Å². The summed E-state index contributed by atoms with van der Waals surface area (Å²) in [5.41, 5.74) is 1.06. The van der Waals surface area contributed by atoms with E-state index in [1.54, 1.807) is 0 Å². The second-order valence-corrected chi connectivity index (χ2v) is 6.08. The highest BCUT2D eigenvalue weighted by atomic mass is 16.2. The minimum atomic E-state index is -0.771. The van der Waals surface area contributed by atoms with E-state index < -0.39 is 12.1 Å². The van der Waals surface area contributed by atoms with E-state index in [2.05, 4.69) is 10.6 Å². The number of urea groups is 1. The summed E-state index contributed by atoms with van der Waals surface area (Å²) in [5, 5.41) is 5.33. The molecule has 7 heteroatoms. The van der Waals surface area contributed by atoms with E-state index >= 15 is 0 Å². The Morgan fingerprint density at radius 1 is 1.25 bits per heavy atom. The van der Waals surface area contributed by atoms with Gasteiger partial charge in [-0.25, -0.2) is 4.79 Å².